The summed E-state index contributed by atoms with van der Waals surface area (Å²) in [4.78, 5) is 13.7. The molecule has 114 valence electrons. The van der Waals surface area contributed by atoms with Gasteiger partial charge in [-0.2, -0.15) is 0 Å². The van der Waals surface area contributed by atoms with Gasteiger partial charge >= 0.3 is 5.63 Å². The average Bonchev–Trinajstić information content (AvgIpc) is 2.52. The molecule has 0 N–H and O–H groups in total. The summed E-state index contributed by atoms with van der Waals surface area (Å²) in [5, 5.41) is 0.942. The Labute approximate surface area is 129 Å². The fourth-order valence-electron chi connectivity index (χ4n) is 2.53. The normalized spacial score (nSPS) is 13.8. The third kappa shape index (κ3) is 3.39. The first-order valence-electron chi connectivity index (χ1n) is 7.47. The first-order valence-corrected chi connectivity index (χ1v) is 7.47. The van der Waals surface area contributed by atoms with Crippen molar-refractivity contribution in [1.29, 1.82) is 0 Å². The summed E-state index contributed by atoms with van der Waals surface area (Å²) in [6.45, 7) is 4.45. The second-order valence-corrected chi connectivity index (χ2v) is 5.37. The van der Waals surface area contributed by atoms with Crippen molar-refractivity contribution in [2.45, 2.75) is 13.3 Å². The van der Waals surface area contributed by atoms with Crippen molar-refractivity contribution >= 4 is 11.0 Å². The van der Waals surface area contributed by atoms with Gasteiger partial charge in [0, 0.05) is 30.6 Å². The lowest BCUT2D eigenvalue weighted by Gasteiger charge is -2.20. The molecular weight excluding hydrogens is 278 g/mol. The number of ether oxygens (including phenoxy) is 1. The highest BCUT2D eigenvalue weighted by molar-refractivity contribution is 5.81. The molecular formula is C18H19NO3. The number of benzene rings is 1. The van der Waals surface area contributed by atoms with Crippen LogP contribution in [-0.2, 0) is 0 Å². The Balaban J connectivity index is 1.58. The molecule has 1 aromatic carbocycles. The number of hydrogen-bond acceptors (Lipinski definition) is 4. The topological polar surface area (TPSA) is 42.7 Å². The van der Waals surface area contributed by atoms with Crippen LogP contribution in [0.2, 0.25) is 0 Å². The molecule has 4 heteroatoms. The van der Waals surface area contributed by atoms with Crippen LogP contribution in [0.3, 0.4) is 0 Å². The maximum absolute atomic E-state index is 11.4. The minimum Gasteiger partial charge on any atom is -0.493 e. The number of nitrogens with zero attached hydrogens (tertiary/aromatic N) is 1. The Morgan fingerprint density at radius 1 is 1.27 bits per heavy atom. The highest BCUT2D eigenvalue weighted by Crippen LogP contribution is 2.22. The molecule has 1 aliphatic rings. The number of fused-ring (bicyclic) bond motifs is 1. The van der Waals surface area contributed by atoms with E-state index in [1.807, 2.05) is 25.1 Å². The van der Waals surface area contributed by atoms with E-state index in [4.69, 9.17) is 9.15 Å². The van der Waals surface area contributed by atoms with Crippen LogP contribution in [-0.4, -0.2) is 24.6 Å². The Bertz CT molecular complexity index is 773. The lowest BCUT2D eigenvalue weighted by molar-refractivity contribution is 0.283. The molecule has 2 heterocycles. The summed E-state index contributed by atoms with van der Waals surface area (Å²) in [6.07, 6.45) is 9.26. The summed E-state index contributed by atoms with van der Waals surface area (Å²) < 4.78 is 11.0. The molecule has 0 saturated heterocycles. The molecule has 0 bridgehead atoms. The van der Waals surface area contributed by atoms with Gasteiger partial charge in [-0.3, -0.25) is 0 Å². The molecule has 4 nitrogen and oxygen atoms in total. The predicted molar refractivity (Wildman–Crippen MR) is 87.2 cm³/mol. The first-order chi connectivity index (χ1) is 10.7. The van der Waals surface area contributed by atoms with Crippen LogP contribution in [0.5, 0.6) is 5.75 Å². The molecule has 0 unspecified atom stereocenters. The maximum Gasteiger partial charge on any atom is 0.336 e. The van der Waals surface area contributed by atoms with Crippen LogP contribution in [0, 0.1) is 6.92 Å². The molecule has 0 fully saturated rings. The number of rotatable bonds is 5. The third-order valence-corrected chi connectivity index (χ3v) is 3.67. The van der Waals surface area contributed by atoms with E-state index in [9.17, 15) is 4.79 Å². The van der Waals surface area contributed by atoms with Crippen LogP contribution in [0.15, 0.2) is 57.9 Å². The Hall–Kier alpha value is -2.49. The quantitative estimate of drug-likeness (QED) is 0.627. The van der Waals surface area contributed by atoms with E-state index in [1.54, 1.807) is 6.07 Å². The molecule has 1 aliphatic heterocycles. The Morgan fingerprint density at radius 2 is 2.18 bits per heavy atom. The van der Waals surface area contributed by atoms with Crippen molar-refractivity contribution < 1.29 is 9.15 Å². The zero-order chi connectivity index (χ0) is 15.4. The van der Waals surface area contributed by atoms with Crippen LogP contribution in [0.25, 0.3) is 11.0 Å². The maximum atomic E-state index is 11.4. The van der Waals surface area contributed by atoms with Gasteiger partial charge in [-0.1, -0.05) is 12.2 Å². The van der Waals surface area contributed by atoms with Gasteiger partial charge in [0.2, 0.25) is 0 Å². The van der Waals surface area contributed by atoms with Gasteiger partial charge in [-0.25, -0.2) is 4.79 Å². The summed E-state index contributed by atoms with van der Waals surface area (Å²) in [6, 6.07) is 7.14. The van der Waals surface area contributed by atoms with Gasteiger partial charge in [0.15, 0.2) is 0 Å². The molecule has 0 aliphatic carbocycles. The zero-order valence-electron chi connectivity index (χ0n) is 12.6. The summed E-state index contributed by atoms with van der Waals surface area (Å²) in [5.41, 5.74) is 1.17. The SMILES string of the molecule is Cc1cc(=O)oc2cc(OCCCN3C=CC=CC3)ccc12. The highest BCUT2D eigenvalue weighted by atomic mass is 16.5. The molecule has 22 heavy (non-hydrogen) atoms. The van der Waals surface area contributed by atoms with Gasteiger partial charge < -0.3 is 14.1 Å². The molecule has 3 rings (SSSR count). The smallest absolute Gasteiger partial charge is 0.336 e. The van der Waals surface area contributed by atoms with E-state index in [-0.39, 0.29) is 5.63 Å². The number of aryl methyl sites for hydroxylation is 1. The highest BCUT2D eigenvalue weighted by Gasteiger charge is 2.04. The van der Waals surface area contributed by atoms with Gasteiger partial charge in [0.25, 0.3) is 0 Å². The molecule has 1 aromatic heterocycles. The minimum atomic E-state index is -0.327. The van der Waals surface area contributed by atoms with Crippen molar-refractivity contribution in [2.75, 3.05) is 19.7 Å². The Morgan fingerprint density at radius 3 is 3.00 bits per heavy atom. The van der Waals surface area contributed by atoms with Gasteiger partial charge in [0.1, 0.15) is 11.3 Å². The van der Waals surface area contributed by atoms with Crippen LogP contribution in [0.4, 0.5) is 0 Å². The summed E-state index contributed by atoms with van der Waals surface area (Å²) >= 11 is 0. The third-order valence-electron chi connectivity index (χ3n) is 3.67. The van der Waals surface area contributed by atoms with Crippen molar-refractivity contribution in [3.8, 4) is 5.75 Å². The summed E-state index contributed by atoms with van der Waals surface area (Å²) in [7, 11) is 0. The monoisotopic (exact) mass is 297 g/mol. The first kappa shape index (κ1) is 14.4. The van der Waals surface area contributed by atoms with Crippen LogP contribution < -0.4 is 10.4 Å². The van der Waals surface area contributed by atoms with E-state index >= 15 is 0 Å². The number of allylic oxidation sites excluding steroid dienone is 2. The van der Waals surface area contributed by atoms with E-state index in [1.165, 1.54) is 6.07 Å². The standard InChI is InChI=1S/C18H19NO3/c1-14-12-18(20)22-17-13-15(6-7-16(14)17)21-11-5-10-19-8-3-2-4-9-19/h2-4,6-8,12-13H,5,9-11H2,1H3. The fourth-order valence-corrected chi connectivity index (χ4v) is 2.53. The molecule has 2 aromatic rings. The van der Waals surface area contributed by atoms with Crippen molar-refractivity contribution in [3.05, 3.63) is 64.7 Å². The average molecular weight is 297 g/mol. The predicted octanol–water partition coefficient (Wildman–Crippen LogP) is 3.26. The molecule has 0 saturated carbocycles. The lowest BCUT2D eigenvalue weighted by atomic mass is 10.1. The molecule has 0 amide bonds. The van der Waals surface area contributed by atoms with E-state index in [0.717, 1.165) is 36.2 Å². The van der Waals surface area contributed by atoms with Crippen molar-refractivity contribution in [3.63, 3.8) is 0 Å². The van der Waals surface area contributed by atoms with Gasteiger partial charge in [0.05, 0.1) is 6.61 Å². The van der Waals surface area contributed by atoms with E-state index in [2.05, 4.69) is 23.3 Å². The Kier molecular flexibility index (Phi) is 4.28. The second kappa shape index (κ2) is 6.52. The van der Waals surface area contributed by atoms with Gasteiger partial charge in [-0.05, 0) is 43.3 Å². The van der Waals surface area contributed by atoms with Crippen LogP contribution >= 0.6 is 0 Å². The molecule has 0 atom stereocenters. The zero-order valence-corrected chi connectivity index (χ0v) is 12.6. The molecule has 0 radical (unpaired) electrons. The van der Waals surface area contributed by atoms with E-state index in [0.29, 0.717) is 12.2 Å². The van der Waals surface area contributed by atoms with Crippen LogP contribution in [0.1, 0.15) is 12.0 Å². The van der Waals surface area contributed by atoms with Gasteiger partial charge in [-0.15, -0.1) is 0 Å². The second-order valence-electron chi connectivity index (χ2n) is 5.37. The molecule has 0 spiro atoms. The van der Waals surface area contributed by atoms with Crippen molar-refractivity contribution in [1.82, 2.24) is 4.90 Å². The number of hydrogen-bond donors (Lipinski definition) is 0. The lowest BCUT2D eigenvalue weighted by Crippen LogP contribution is -2.21. The van der Waals surface area contributed by atoms with E-state index < -0.39 is 0 Å². The fraction of sp³-hybridized carbons (Fsp3) is 0.278. The minimum absolute atomic E-state index is 0.327. The largest absolute Gasteiger partial charge is 0.493 e. The van der Waals surface area contributed by atoms with Crippen molar-refractivity contribution in [2.24, 2.45) is 0 Å². The summed E-state index contributed by atoms with van der Waals surface area (Å²) in [5.74, 6) is 0.732.